The number of ketones is 1. The molecule has 1 fully saturated rings. The van der Waals surface area contributed by atoms with Gasteiger partial charge in [0, 0.05) is 12.0 Å². The van der Waals surface area contributed by atoms with Gasteiger partial charge in [0.05, 0.1) is 30.4 Å². The van der Waals surface area contributed by atoms with Gasteiger partial charge < -0.3 is 14.2 Å². The highest BCUT2D eigenvalue weighted by Gasteiger charge is 2.41. The van der Waals surface area contributed by atoms with E-state index in [4.69, 9.17) is 14.2 Å². The number of fused-ring (bicyclic) bond motifs is 1. The predicted molar refractivity (Wildman–Crippen MR) is 104 cm³/mol. The highest BCUT2D eigenvalue weighted by molar-refractivity contribution is 6.22. The molecule has 2 aliphatic rings. The second-order valence-corrected chi connectivity index (χ2v) is 7.08. The summed E-state index contributed by atoms with van der Waals surface area (Å²) < 4.78 is 16.9. The van der Waals surface area contributed by atoms with Crippen molar-refractivity contribution < 1.29 is 23.8 Å². The first-order valence-electron chi connectivity index (χ1n) is 9.46. The molecule has 1 heterocycles. The van der Waals surface area contributed by atoms with Crippen molar-refractivity contribution in [1.29, 1.82) is 0 Å². The number of Topliss-reactive ketones (excluding diaryl/α,β-unsaturated/α-hetero) is 1. The number of methoxy groups -OCH3 is 1. The fourth-order valence-electron chi connectivity index (χ4n) is 3.92. The van der Waals surface area contributed by atoms with Gasteiger partial charge in [-0.25, -0.2) is 4.79 Å². The Labute approximate surface area is 163 Å². The van der Waals surface area contributed by atoms with Crippen LogP contribution < -0.4 is 4.74 Å². The lowest BCUT2D eigenvalue weighted by Crippen LogP contribution is -2.42. The van der Waals surface area contributed by atoms with E-state index in [1.165, 1.54) is 6.26 Å². The lowest BCUT2D eigenvalue weighted by molar-refractivity contribution is -0.126. The fraction of sp³-hybridized carbons (Fsp3) is 0.304. The lowest BCUT2D eigenvalue weighted by atomic mass is 9.77. The molecule has 0 aromatic heterocycles. The molecular formula is C23H22O5. The monoisotopic (exact) mass is 378 g/mol. The van der Waals surface area contributed by atoms with E-state index in [1.807, 2.05) is 30.3 Å². The van der Waals surface area contributed by atoms with Crippen molar-refractivity contribution in [3.63, 3.8) is 0 Å². The van der Waals surface area contributed by atoms with E-state index in [-0.39, 0.29) is 29.9 Å². The molecule has 3 atom stereocenters. The van der Waals surface area contributed by atoms with Gasteiger partial charge in [0.15, 0.2) is 5.78 Å². The number of carbonyl (C=O) groups is 2. The summed E-state index contributed by atoms with van der Waals surface area (Å²) in [5, 5.41) is 0. The first-order valence-corrected chi connectivity index (χ1v) is 9.46. The molecule has 5 heteroatoms. The summed E-state index contributed by atoms with van der Waals surface area (Å²) in [5.74, 6) is 0.149. The lowest BCUT2D eigenvalue weighted by Gasteiger charge is -2.37. The number of esters is 1. The van der Waals surface area contributed by atoms with Crippen molar-refractivity contribution in [1.82, 2.24) is 0 Å². The minimum Gasteiger partial charge on any atom is -0.496 e. The van der Waals surface area contributed by atoms with Crippen molar-refractivity contribution in [2.75, 3.05) is 7.11 Å². The van der Waals surface area contributed by atoms with Crippen LogP contribution in [0.3, 0.4) is 0 Å². The van der Waals surface area contributed by atoms with Gasteiger partial charge in [0.2, 0.25) is 0 Å². The van der Waals surface area contributed by atoms with Gasteiger partial charge in [-0.15, -0.1) is 0 Å². The van der Waals surface area contributed by atoms with Gasteiger partial charge in [-0.05, 0) is 31.0 Å². The van der Waals surface area contributed by atoms with Crippen LogP contribution in [0, 0.1) is 5.92 Å². The quantitative estimate of drug-likeness (QED) is 0.752. The topological polar surface area (TPSA) is 61.8 Å². The largest absolute Gasteiger partial charge is 0.496 e. The molecule has 0 amide bonds. The maximum absolute atomic E-state index is 13.1. The van der Waals surface area contributed by atoms with Crippen LogP contribution in [-0.4, -0.2) is 31.1 Å². The van der Waals surface area contributed by atoms with Crippen LogP contribution in [0.2, 0.25) is 0 Å². The summed E-state index contributed by atoms with van der Waals surface area (Å²) in [6, 6.07) is 16.4. The van der Waals surface area contributed by atoms with E-state index in [9.17, 15) is 9.59 Å². The van der Waals surface area contributed by atoms with Crippen molar-refractivity contribution in [2.45, 2.75) is 31.5 Å². The van der Waals surface area contributed by atoms with E-state index in [2.05, 4.69) is 0 Å². The van der Waals surface area contributed by atoms with Crippen molar-refractivity contribution in [3.05, 3.63) is 72.0 Å². The summed E-state index contributed by atoms with van der Waals surface area (Å²) in [6.45, 7) is 0. The molecule has 144 valence electrons. The summed E-state index contributed by atoms with van der Waals surface area (Å²) >= 11 is 0. The smallest absolute Gasteiger partial charge is 0.338 e. The highest BCUT2D eigenvalue weighted by atomic mass is 16.5. The zero-order valence-electron chi connectivity index (χ0n) is 15.7. The molecule has 3 unspecified atom stereocenters. The zero-order valence-corrected chi connectivity index (χ0v) is 15.7. The number of hydrogen-bond acceptors (Lipinski definition) is 5. The van der Waals surface area contributed by atoms with Crippen LogP contribution in [0.25, 0.3) is 5.57 Å². The Kier molecular flexibility index (Phi) is 5.15. The molecule has 0 radical (unpaired) electrons. The van der Waals surface area contributed by atoms with Crippen LogP contribution in [0.1, 0.15) is 35.2 Å². The van der Waals surface area contributed by atoms with Gasteiger partial charge in [0.1, 0.15) is 18.0 Å². The zero-order chi connectivity index (χ0) is 19.5. The van der Waals surface area contributed by atoms with Gasteiger partial charge in [-0.2, -0.15) is 0 Å². The number of benzene rings is 2. The van der Waals surface area contributed by atoms with Crippen LogP contribution >= 0.6 is 0 Å². The van der Waals surface area contributed by atoms with Gasteiger partial charge in [-0.3, -0.25) is 4.79 Å². The van der Waals surface area contributed by atoms with Crippen LogP contribution in [0.5, 0.6) is 5.75 Å². The number of carbonyl (C=O) groups excluding carboxylic acids is 2. The van der Waals surface area contributed by atoms with Gasteiger partial charge in [-0.1, -0.05) is 36.4 Å². The number of hydrogen-bond donors (Lipinski definition) is 0. The molecule has 5 nitrogen and oxygen atoms in total. The molecular weight excluding hydrogens is 356 g/mol. The number of rotatable bonds is 4. The van der Waals surface area contributed by atoms with Gasteiger partial charge >= 0.3 is 5.97 Å². The van der Waals surface area contributed by atoms with Crippen molar-refractivity contribution in [2.24, 2.45) is 5.92 Å². The Morgan fingerprint density at radius 3 is 2.57 bits per heavy atom. The maximum Gasteiger partial charge on any atom is 0.338 e. The normalized spacial score (nSPS) is 23.8. The van der Waals surface area contributed by atoms with E-state index in [0.29, 0.717) is 36.1 Å². The molecule has 0 spiro atoms. The third-order valence-electron chi connectivity index (χ3n) is 5.39. The second kappa shape index (κ2) is 7.89. The Balaban J connectivity index is 1.46. The predicted octanol–water partition coefficient (Wildman–Crippen LogP) is 4.03. The second-order valence-electron chi connectivity index (χ2n) is 7.08. The first-order chi connectivity index (χ1) is 13.7. The number of para-hydroxylation sites is 1. The van der Waals surface area contributed by atoms with Crippen LogP contribution in [-0.2, 0) is 14.3 Å². The van der Waals surface area contributed by atoms with Crippen molar-refractivity contribution >= 4 is 17.3 Å². The molecule has 1 aliphatic carbocycles. The molecule has 28 heavy (non-hydrogen) atoms. The van der Waals surface area contributed by atoms with E-state index in [0.717, 1.165) is 5.56 Å². The Morgan fingerprint density at radius 1 is 1.04 bits per heavy atom. The van der Waals surface area contributed by atoms with Crippen LogP contribution in [0.4, 0.5) is 0 Å². The Hall–Kier alpha value is -3.08. The minimum absolute atomic E-state index is 0.0635. The third kappa shape index (κ3) is 3.52. The standard InChI is InChI=1S/C23H22O5/c1-26-20-10-6-5-9-17(20)19-14-27-21-13-16(11-12-18(21)22(19)24)28-23(25)15-7-3-2-4-8-15/h2-10,14,16,18,21H,11-13H2,1H3. The van der Waals surface area contributed by atoms with E-state index in [1.54, 1.807) is 31.4 Å². The Morgan fingerprint density at radius 2 is 1.79 bits per heavy atom. The Bertz CT molecular complexity index is 902. The fourth-order valence-corrected chi connectivity index (χ4v) is 3.92. The van der Waals surface area contributed by atoms with E-state index < -0.39 is 0 Å². The van der Waals surface area contributed by atoms with Gasteiger partial charge in [0.25, 0.3) is 0 Å². The SMILES string of the molecule is COc1ccccc1C1=COC2CC(OC(=O)c3ccccc3)CCC2C1=O. The molecule has 0 N–H and O–H groups in total. The summed E-state index contributed by atoms with van der Waals surface area (Å²) in [4.78, 5) is 25.4. The number of ether oxygens (including phenoxy) is 3. The average Bonchev–Trinajstić information content (AvgIpc) is 2.74. The minimum atomic E-state index is -0.337. The molecule has 0 bridgehead atoms. The molecule has 1 aliphatic heterocycles. The maximum atomic E-state index is 13.1. The molecule has 4 rings (SSSR count). The third-order valence-corrected chi connectivity index (χ3v) is 5.39. The molecule has 2 aromatic rings. The van der Waals surface area contributed by atoms with Crippen LogP contribution in [0.15, 0.2) is 60.9 Å². The van der Waals surface area contributed by atoms with Crippen molar-refractivity contribution in [3.8, 4) is 5.75 Å². The average molecular weight is 378 g/mol. The summed E-state index contributed by atoms with van der Waals surface area (Å²) in [7, 11) is 1.59. The molecule has 2 aromatic carbocycles. The summed E-state index contributed by atoms with van der Waals surface area (Å²) in [6.07, 6.45) is 2.81. The van der Waals surface area contributed by atoms with E-state index >= 15 is 0 Å². The number of allylic oxidation sites excluding steroid dienone is 1. The first kappa shape index (κ1) is 18.3. The molecule has 0 saturated heterocycles. The summed E-state index contributed by atoms with van der Waals surface area (Å²) in [5.41, 5.74) is 1.81. The molecule has 1 saturated carbocycles. The highest BCUT2D eigenvalue weighted by Crippen LogP contribution is 2.39.